The maximum Gasteiger partial charge on any atom is 0.192 e. The summed E-state index contributed by atoms with van der Waals surface area (Å²) < 4.78 is 28.4. The summed E-state index contributed by atoms with van der Waals surface area (Å²) in [5.74, 6) is 0.816. The van der Waals surface area contributed by atoms with Crippen LogP contribution in [0, 0.1) is 0 Å². The van der Waals surface area contributed by atoms with Gasteiger partial charge in [-0.15, -0.1) is 0 Å². The van der Waals surface area contributed by atoms with Crippen LogP contribution in [0.25, 0.3) is 0 Å². The summed E-state index contributed by atoms with van der Waals surface area (Å²) in [4.78, 5) is 5.92. The summed E-state index contributed by atoms with van der Waals surface area (Å²) in [6.45, 7) is 1.10. The molecule has 1 aromatic carbocycles. The van der Waals surface area contributed by atoms with E-state index in [0.29, 0.717) is 18.9 Å². The largest absolute Gasteiger partial charge is 0.508 e. The molecule has 0 fully saturated rings. The fourth-order valence-electron chi connectivity index (χ4n) is 2.23. The Hall–Kier alpha value is -2.28. The zero-order chi connectivity index (χ0) is 15.0. The average Bonchev–Trinajstić information content (AvgIpc) is 2.46. The van der Waals surface area contributed by atoms with Crippen LogP contribution in [0.4, 0.5) is 11.4 Å². The lowest BCUT2D eigenvalue weighted by atomic mass is 10.2. The van der Waals surface area contributed by atoms with Crippen LogP contribution in [0.3, 0.4) is 0 Å². The number of fused-ring (bicyclic) bond motifs is 1. The number of phenols is 1. The van der Waals surface area contributed by atoms with E-state index < -0.39 is 9.84 Å². The molecular weight excluding hydrogens is 292 g/mol. The van der Waals surface area contributed by atoms with Crippen molar-refractivity contribution < 1.29 is 18.3 Å². The Kier molecular flexibility index (Phi) is 3.21. The molecule has 2 aromatic rings. The first-order chi connectivity index (χ1) is 9.95. The van der Waals surface area contributed by atoms with Crippen LogP contribution in [-0.2, 0) is 9.84 Å². The van der Waals surface area contributed by atoms with E-state index in [9.17, 15) is 13.5 Å². The number of pyridine rings is 1. The van der Waals surface area contributed by atoms with E-state index in [1.807, 2.05) is 4.90 Å². The molecule has 3 rings (SSSR count). The Morgan fingerprint density at radius 2 is 2.10 bits per heavy atom. The molecule has 1 aliphatic heterocycles. The summed E-state index contributed by atoms with van der Waals surface area (Å²) in [5, 5.41) is 9.66. The van der Waals surface area contributed by atoms with Crippen LogP contribution in [0.2, 0.25) is 0 Å². The van der Waals surface area contributed by atoms with Gasteiger partial charge in [-0.2, -0.15) is 0 Å². The highest BCUT2D eigenvalue weighted by Gasteiger charge is 2.20. The van der Waals surface area contributed by atoms with E-state index in [0.717, 1.165) is 17.6 Å². The van der Waals surface area contributed by atoms with Crippen molar-refractivity contribution in [2.75, 3.05) is 24.3 Å². The molecule has 0 saturated carbocycles. The van der Waals surface area contributed by atoms with Gasteiger partial charge in [0.05, 0.1) is 24.1 Å². The summed E-state index contributed by atoms with van der Waals surface area (Å²) in [6.07, 6.45) is 2.63. The highest BCUT2D eigenvalue weighted by Crippen LogP contribution is 2.38. The zero-order valence-corrected chi connectivity index (χ0v) is 12.2. The van der Waals surface area contributed by atoms with E-state index in [4.69, 9.17) is 4.74 Å². The van der Waals surface area contributed by atoms with Gasteiger partial charge in [-0.05, 0) is 24.3 Å². The lowest BCUT2D eigenvalue weighted by Crippen LogP contribution is -2.28. The SMILES string of the molecule is CS(=O)(=O)c1ccc(N2CCOc3ccc(O)cc32)cn1. The fraction of sp³-hybridized carbons (Fsp3) is 0.214. The molecule has 0 bridgehead atoms. The number of anilines is 2. The van der Waals surface area contributed by atoms with Gasteiger partial charge in [-0.3, -0.25) is 0 Å². The lowest BCUT2D eigenvalue weighted by molar-refractivity contribution is 0.313. The standard InChI is InChI=1S/C14H14N2O4S/c1-21(18,19)14-5-2-10(9-15-14)16-6-7-20-13-4-3-11(17)8-12(13)16/h2-5,8-9,17H,6-7H2,1H3. The highest BCUT2D eigenvalue weighted by atomic mass is 32.2. The van der Waals surface area contributed by atoms with Crippen LogP contribution in [0.15, 0.2) is 41.6 Å². The smallest absolute Gasteiger partial charge is 0.192 e. The first-order valence-corrected chi connectivity index (χ1v) is 8.24. The predicted octanol–water partition coefficient (Wildman–Crippen LogP) is 1.72. The van der Waals surface area contributed by atoms with Crippen LogP contribution >= 0.6 is 0 Å². The van der Waals surface area contributed by atoms with Crippen molar-refractivity contribution in [3.8, 4) is 11.5 Å². The molecule has 0 unspecified atom stereocenters. The number of aromatic nitrogens is 1. The van der Waals surface area contributed by atoms with Crippen molar-refractivity contribution in [2.45, 2.75) is 5.03 Å². The molecule has 0 aliphatic carbocycles. The molecule has 1 aliphatic rings. The van der Waals surface area contributed by atoms with Gasteiger partial charge < -0.3 is 14.7 Å². The lowest BCUT2D eigenvalue weighted by Gasteiger charge is -2.31. The van der Waals surface area contributed by atoms with Gasteiger partial charge in [-0.25, -0.2) is 13.4 Å². The maximum absolute atomic E-state index is 11.4. The number of hydrogen-bond acceptors (Lipinski definition) is 6. The van der Waals surface area contributed by atoms with E-state index in [1.54, 1.807) is 24.3 Å². The molecule has 110 valence electrons. The normalized spacial score (nSPS) is 14.4. The summed E-state index contributed by atoms with van der Waals surface area (Å²) >= 11 is 0. The second kappa shape index (κ2) is 4.92. The van der Waals surface area contributed by atoms with Crippen molar-refractivity contribution in [3.63, 3.8) is 0 Å². The van der Waals surface area contributed by atoms with E-state index in [-0.39, 0.29) is 10.8 Å². The quantitative estimate of drug-likeness (QED) is 0.910. The fourth-order valence-corrected chi connectivity index (χ4v) is 2.79. The van der Waals surface area contributed by atoms with Crippen molar-refractivity contribution in [1.29, 1.82) is 0 Å². The predicted molar refractivity (Wildman–Crippen MR) is 78.0 cm³/mol. The van der Waals surface area contributed by atoms with Crippen LogP contribution in [0.1, 0.15) is 0 Å². The number of ether oxygens (including phenoxy) is 1. The third-order valence-electron chi connectivity index (χ3n) is 3.22. The molecule has 0 spiro atoms. The molecule has 2 heterocycles. The van der Waals surface area contributed by atoms with Crippen LogP contribution < -0.4 is 9.64 Å². The topological polar surface area (TPSA) is 79.7 Å². The number of phenolic OH excluding ortho intramolecular Hbond substituents is 1. The molecule has 1 N–H and O–H groups in total. The van der Waals surface area contributed by atoms with Gasteiger partial charge in [0.25, 0.3) is 0 Å². The van der Waals surface area contributed by atoms with Crippen molar-refractivity contribution in [3.05, 3.63) is 36.5 Å². The Morgan fingerprint density at radius 1 is 1.29 bits per heavy atom. The minimum Gasteiger partial charge on any atom is -0.508 e. The van der Waals surface area contributed by atoms with Gasteiger partial charge in [0, 0.05) is 12.3 Å². The number of nitrogens with zero attached hydrogens (tertiary/aromatic N) is 2. The molecule has 1 aromatic heterocycles. The summed E-state index contributed by atoms with van der Waals surface area (Å²) in [5.41, 5.74) is 1.48. The summed E-state index contributed by atoms with van der Waals surface area (Å²) in [7, 11) is -3.31. The second-order valence-electron chi connectivity index (χ2n) is 4.78. The van der Waals surface area contributed by atoms with E-state index >= 15 is 0 Å². The monoisotopic (exact) mass is 306 g/mol. The number of aromatic hydroxyl groups is 1. The Labute approximate surface area is 122 Å². The zero-order valence-electron chi connectivity index (χ0n) is 11.4. The van der Waals surface area contributed by atoms with Gasteiger partial charge in [0.15, 0.2) is 14.9 Å². The molecular formula is C14H14N2O4S. The molecule has 0 saturated heterocycles. The number of benzene rings is 1. The third-order valence-corrected chi connectivity index (χ3v) is 4.22. The van der Waals surface area contributed by atoms with Crippen molar-refractivity contribution in [1.82, 2.24) is 4.98 Å². The Bertz CT molecular complexity index is 772. The first-order valence-electron chi connectivity index (χ1n) is 6.34. The number of sulfone groups is 1. The molecule has 6 nitrogen and oxygen atoms in total. The maximum atomic E-state index is 11.4. The number of rotatable bonds is 2. The van der Waals surface area contributed by atoms with Gasteiger partial charge in [0.2, 0.25) is 0 Å². The molecule has 0 radical (unpaired) electrons. The minimum absolute atomic E-state index is 0.0376. The van der Waals surface area contributed by atoms with E-state index in [1.165, 1.54) is 12.3 Å². The van der Waals surface area contributed by atoms with Gasteiger partial charge in [0.1, 0.15) is 18.1 Å². The van der Waals surface area contributed by atoms with Crippen molar-refractivity contribution in [2.24, 2.45) is 0 Å². The van der Waals surface area contributed by atoms with Crippen molar-refractivity contribution >= 4 is 21.2 Å². The van der Waals surface area contributed by atoms with Crippen LogP contribution in [-0.4, -0.2) is 37.9 Å². The Morgan fingerprint density at radius 3 is 2.76 bits per heavy atom. The molecule has 0 atom stereocenters. The molecule has 7 heteroatoms. The van der Waals surface area contributed by atoms with E-state index in [2.05, 4.69) is 4.98 Å². The molecule has 0 amide bonds. The van der Waals surface area contributed by atoms with Crippen LogP contribution in [0.5, 0.6) is 11.5 Å². The van der Waals surface area contributed by atoms with Gasteiger partial charge in [-0.1, -0.05) is 0 Å². The van der Waals surface area contributed by atoms with Gasteiger partial charge >= 0.3 is 0 Å². The Balaban J connectivity index is 2.01. The number of hydrogen-bond donors (Lipinski definition) is 1. The minimum atomic E-state index is -3.31. The first kappa shape index (κ1) is 13.7. The second-order valence-corrected chi connectivity index (χ2v) is 6.74. The molecule has 21 heavy (non-hydrogen) atoms. The average molecular weight is 306 g/mol. The highest BCUT2D eigenvalue weighted by molar-refractivity contribution is 7.90. The third kappa shape index (κ3) is 2.64. The summed E-state index contributed by atoms with van der Waals surface area (Å²) in [6, 6.07) is 8.05.